The summed E-state index contributed by atoms with van der Waals surface area (Å²) in [7, 11) is 0. The van der Waals surface area contributed by atoms with Crippen LogP contribution in [-0.2, 0) is 38.1 Å². The largest absolute Gasteiger partial charge is 0.459 e. The van der Waals surface area contributed by atoms with Crippen LogP contribution in [-0.4, -0.2) is 48.3 Å². The van der Waals surface area contributed by atoms with Crippen molar-refractivity contribution in [2.75, 3.05) is 6.61 Å². The highest BCUT2D eigenvalue weighted by Gasteiger charge is 2.72. The normalized spacial score (nSPS) is 37.3. The lowest BCUT2D eigenvalue weighted by molar-refractivity contribution is -0.206. The lowest BCUT2D eigenvalue weighted by Gasteiger charge is -2.61. The summed E-state index contributed by atoms with van der Waals surface area (Å²) in [5, 5.41) is 9.33. The number of rotatable bonds is 9. The van der Waals surface area contributed by atoms with Crippen molar-refractivity contribution in [3.63, 3.8) is 0 Å². The highest BCUT2D eigenvalue weighted by molar-refractivity contribution is 5.85. The van der Waals surface area contributed by atoms with Crippen molar-refractivity contribution in [2.24, 2.45) is 51.2 Å². The molecule has 1 saturated heterocycles. The Morgan fingerprint density at radius 3 is 1.91 bits per heavy atom. The predicted molar refractivity (Wildman–Crippen MR) is 164 cm³/mol. The van der Waals surface area contributed by atoms with Gasteiger partial charge in [0.15, 0.2) is 12.0 Å². The van der Waals surface area contributed by atoms with Crippen LogP contribution in [0, 0.1) is 62.6 Å². The highest BCUT2D eigenvalue weighted by atomic mass is 16.6. The van der Waals surface area contributed by atoms with Crippen LogP contribution in [0.2, 0.25) is 0 Å². The Labute approximate surface area is 268 Å². The Bertz CT molecular complexity index is 1220. The molecule has 9 heteroatoms. The summed E-state index contributed by atoms with van der Waals surface area (Å²) in [5.74, 6) is 0.805. The fraction of sp³-hybridized carbons (Fsp3) is 0.861. The van der Waals surface area contributed by atoms with E-state index in [9.17, 15) is 24.4 Å². The summed E-state index contributed by atoms with van der Waals surface area (Å²) in [6, 6.07) is 2.10. The van der Waals surface area contributed by atoms with Crippen molar-refractivity contribution in [2.45, 2.75) is 137 Å². The number of fused-ring (bicyclic) bond motifs is 1. The monoisotopic (exact) mass is 627 g/mol. The Kier molecular flexibility index (Phi) is 8.66. The molecule has 7 fully saturated rings. The molecule has 9 nitrogen and oxygen atoms in total. The van der Waals surface area contributed by atoms with Crippen molar-refractivity contribution in [3.8, 4) is 6.07 Å². The maximum Gasteiger partial charge on any atom is 0.344 e. The molecule has 0 spiro atoms. The van der Waals surface area contributed by atoms with E-state index in [4.69, 9.17) is 18.9 Å². The first-order chi connectivity index (χ1) is 20.9. The van der Waals surface area contributed by atoms with Gasteiger partial charge < -0.3 is 18.9 Å². The lowest BCUT2D eigenvalue weighted by Crippen LogP contribution is -2.58. The van der Waals surface area contributed by atoms with Gasteiger partial charge in [-0.2, -0.15) is 5.26 Å². The van der Waals surface area contributed by atoms with Crippen molar-refractivity contribution < 1.29 is 38.1 Å². The van der Waals surface area contributed by atoms with E-state index in [0.717, 1.165) is 24.2 Å². The Hall–Kier alpha value is -2.63. The quantitative estimate of drug-likeness (QED) is 0.213. The van der Waals surface area contributed by atoms with Crippen LogP contribution in [0.4, 0.5) is 0 Å². The van der Waals surface area contributed by atoms with Gasteiger partial charge in [0, 0.05) is 17.3 Å². The number of carbonyl (C=O) groups excluding carboxylic acids is 4. The molecule has 0 aromatic rings. The molecule has 6 saturated carbocycles. The molecule has 0 N–H and O–H groups in total. The topological polar surface area (TPSA) is 129 Å². The molecule has 1 heterocycles. The van der Waals surface area contributed by atoms with Crippen molar-refractivity contribution in [3.05, 3.63) is 0 Å². The molecule has 1 aliphatic heterocycles. The van der Waals surface area contributed by atoms with Gasteiger partial charge in [-0.1, -0.05) is 13.8 Å². The summed E-state index contributed by atoms with van der Waals surface area (Å²) in [5.41, 5.74) is -2.14. The van der Waals surface area contributed by atoms with Gasteiger partial charge in [-0.3, -0.25) is 14.4 Å². The first-order valence-electron chi connectivity index (χ1n) is 17.1. The van der Waals surface area contributed by atoms with Crippen LogP contribution in [0.25, 0.3) is 0 Å². The van der Waals surface area contributed by atoms with Gasteiger partial charge in [0.2, 0.25) is 0 Å². The third-order valence-electron chi connectivity index (χ3n) is 12.9. The fourth-order valence-corrected chi connectivity index (χ4v) is 9.41. The zero-order chi connectivity index (χ0) is 33.2. The number of hydrogen-bond donors (Lipinski definition) is 0. The smallest absolute Gasteiger partial charge is 0.344 e. The molecule has 45 heavy (non-hydrogen) atoms. The summed E-state index contributed by atoms with van der Waals surface area (Å²) in [6.07, 6.45) is 9.50. The van der Waals surface area contributed by atoms with Crippen LogP contribution in [0.3, 0.4) is 0 Å². The third kappa shape index (κ3) is 5.78. The van der Waals surface area contributed by atoms with E-state index in [1.54, 1.807) is 13.8 Å². The summed E-state index contributed by atoms with van der Waals surface area (Å²) >= 11 is 0. The number of esters is 4. The first-order valence-corrected chi connectivity index (χ1v) is 17.1. The van der Waals surface area contributed by atoms with Crippen molar-refractivity contribution in [1.29, 1.82) is 5.26 Å². The molecule has 6 bridgehead atoms. The van der Waals surface area contributed by atoms with Crippen LogP contribution in [0.15, 0.2) is 0 Å². The Morgan fingerprint density at radius 1 is 0.867 bits per heavy atom. The zero-order valence-corrected chi connectivity index (χ0v) is 28.5. The predicted octanol–water partition coefficient (Wildman–Crippen LogP) is 6.31. The first kappa shape index (κ1) is 33.7. The standard InChI is InChI=1S/C19H32O2.C17H21NO6/c1-6-17(2,3)16(20)21-18(4,5)19-10-13-7-14(11-19)9-15(8-13)12-19;1-4-16(2,3)14(20)22-7-11(19)23-12-9-5-10-13(12)24-15(21)17(10,6-9)8-18/h13-15H,6-12H2,1-5H3;9-10,12-13H,4-7H2,1-3H3. The van der Waals surface area contributed by atoms with E-state index in [1.165, 1.54) is 38.5 Å². The molecule has 0 amide bonds. The van der Waals surface area contributed by atoms with Crippen LogP contribution in [0.1, 0.15) is 120 Å². The van der Waals surface area contributed by atoms with Crippen LogP contribution in [0.5, 0.6) is 0 Å². The van der Waals surface area contributed by atoms with Gasteiger partial charge >= 0.3 is 23.9 Å². The highest BCUT2D eigenvalue weighted by Crippen LogP contribution is 2.65. The molecule has 0 radical (unpaired) electrons. The number of hydrogen-bond acceptors (Lipinski definition) is 9. The van der Waals surface area contributed by atoms with E-state index < -0.39 is 47.6 Å². The average molecular weight is 628 g/mol. The number of nitrogens with zero attached hydrogens (tertiary/aromatic N) is 1. The van der Waals surface area contributed by atoms with E-state index >= 15 is 0 Å². The van der Waals surface area contributed by atoms with E-state index in [-0.39, 0.29) is 34.2 Å². The minimum absolute atomic E-state index is 0.00857. The maximum atomic E-state index is 12.6. The van der Waals surface area contributed by atoms with Crippen molar-refractivity contribution >= 4 is 23.9 Å². The molecule has 5 unspecified atom stereocenters. The van der Waals surface area contributed by atoms with Gasteiger partial charge in [-0.05, 0) is 124 Å². The molecule has 7 rings (SSSR count). The average Bonchev–Trinajstić information content (AvgIpc) is 3.57. The van der Waals surface area contributed by atoms with Gasteiger partial charge in [0.05, 0.1) is 16.9 Å². The van der Waals surface area contributed by atoms with E-state index in [1.807, 2.05) is 20.8 Å². The zero-order valence-electron chi connectivity index (χ0n) is 28.5. The molecule has 250 valence electrons. The summed E-state index contributed by atoms with van der Waals surface area (Å²) < 4.78 is 21.9. The minimum Gasteiger partial charge on any atom is -0.459 e. The lowest BCUT2D eigenvalue weighted by atomic mass is 9.46. The minimum atomic E-state index is -1.06. The summed E-state index contributed by atoms with van der Waals surface area (Å²) in [4.78, 5) is 48.4. The van der Waals surface area contributed by atoms with Gasteiger partial charge in [-0.15, -0.1) is 0 Å². The molecule has 6 aliphatic carbocycles. The van der Waals surface area contributed by atoms with Crippen LogP contribution >= 0.6 is 0 Å². The second-order valence-corrected chi connectivity index (χ2v) is 16.9. The summed E-state index contributed by atoms with van der Waals surface area (Å²) in [6.45, 7) is 15.3. The van der Waals surface area contributed by atoms with Crippen molar-refractivity contribution in [1.82, 2.24) is 0 Å². The SMILES string of the molecule is CCC(C)(C)C(=O)OC(C)(C)C12CC3CC(CC(C3)C1)C2.CCC(C)(C)C(=O)OCC(=O)OC1C2CC3C1OC(=O)C3(C#N)C2. The van der Waals surface area contributed by atoms with Crippen LogP contribution < -0.4 is 0 Å². The molecular weight excluding hydrogens is 574 g/mol. The molecule has 7 aliphatic rings. The Morgan fingerprint density at radius 2 is 1.40 bits per heavy atom. The van der Waals surface area contributed by atoms with E-state index in [2.05, 4.69) is 26.8 Å². The number of carbonyl (C=O) groups is 4. The third-order valence-corrected chi connectivity index (χ3v) is 12.9. The Balaban J connectivity index is 0.000000179. The molecular formula is C36H53NO8. The van der Waals surface area contributed by atoms with Gasteiger partial charge in [0.1, 0.15) is 17.8 Å². The second kappa shape index (κ2) is 11.6. The van der Waals surface area contributed by atoms with E-state index in [0.29, 0.717) is 19.3 Å². The fourth-order valence-electron chi connectivity index (χ4n) is 9.41. The molecule has 0 aromatic carbocycles. The molecule has 5 atom stereocenters. The molecule has 0 aromatic heterocycles. The number of nitriles is 1. The number of ether oxygens (including phenoxy) is 4. The maximum absolute atomic E-state index is 12.6. The van der Waals surface area contributed by atoms with Gasteiger partial charge in [0.25, 0.3) is 0 Å². The second-order valence-electron chi connectivity index (χ2n) is 16.9. The van der Waals surface area contributed by atoms with Gasteiger partial charge in [-0.25, -0.2) is 4.79 Å².